The van der Waals surface area contributed by atoms with Gasteiger partial charge in [-0.05, 0) is 11.4 Å². The van der Waals surface area contributed by atoms with E-state index in [1.807, 2.05) is 0 Å². The van der Waals surface area contributed by atoms with Crippen LogP contribution in [0.15, 0.2) is 17.5 Å². The maximum Gasteiger partial charge on any atom is 0.331 e. The van der Waals surface area contributed by atoms with Crippen molar-refractivity contribution in [2.45, 2.75) is 6.04 Å². The number of sulfone groups is 1. The van der Waals surface area contributed by atoms with Crippen LogP contribution in [-0.4, -0.2) is 55.0 Å². The van der Waals surface area contributed by atoms with Crippen molar-refractivity contribution in [3.63, 3.8) is 0 Å². The van der Waals surface area contributed by atoms with Crippen LogP contribution >= 0.6 is 11.3 Å². The number of nitrogens with one attached hydrogen (secondary N) is 1. The Morgan fingerprint density at radius 1 is 1.35 bits per heavy atom. The van der Waals surface area contributed by atoms with E-state index in [1.165, 1.54) is 16.2 Å². The van der Waals surface area contributed by atoms with Crippen molar-refractivity contribution in [3.05, 3.63) is 22.4 Å². The highest BCUT2D eigenvalue weighted by molar-refractivity contribution is 7.91. The SMILES string of the molecule is O=C(O)C(NC(=O)N1CCS(=O)(=O)CC1)c1cccs1. The number of hydrogen-bond acceptors (Lipinski definition) is 5. The molecular formula is C11H14N2O5S2. The van der Waals surface area contributed by atoms with Crippen LogP contribution in [0, 0.1) is 0 Å². The molecule has 2 heterocycles. The zero-order valence-corrected chi connectivity index (χ0v) is 12.1. The van der Waals surface area contributed by atoms with Crippen LogP contribution in [-0.2, 0) is 14.6 Å². The van der Waals surface area contributed by atoms with Gasteiger partial charge in [-0.25, -0.2) is 18.0 Å². The quantitative estimate of drug-likeness (QED) is 0.835. The number of nitrogens with zero attached hydrogens (tertiary/aromatic N) is 1. The molecule has 20 heavy (non-hydrogen) atoms. The average molecular weight is 318 g/mol. The Balaban J connectivity index is 2.01. The van der Waals surface area contributed by atoms with E-state index in [0.29, 0.717) is 4.88 Å². The Hall–Kier alpha value is -1.61. The molecule has 1 aromatic rings. The highest BCUT2D eigenvalue weighted by Gasteiger charge is 2.29. The van der Waals surface area contributed by atoms with E-state index < -0.39 is 27.9 Å². The molecule has 1 unspecified atom stereocenters. The summed E-state index contributed by atoms with van der Waals surface area (Å²) in [6, 6.07) is 1.67. The molecule has 0 spiro atoms. The Bertz CT molecular complexity index is 582. The normalized spacial score (nSPS) is 19.3. The van der Waals surface area contributed by atoms with Crippen LogP contribution in [0.1, 0.15) is 10.9 Å². The number of thiophene rings is 1. The summed E-state index contributed by atoms with van der Waals surface area (Å²) in [6.45, 7) is 0.176. The lowest BCUT2D eigenvalue weighted by atomic mass is 10.2. The van der Waals surface area contributed by atoms with Gasteiger partial charge in [-0.2, -0.15) is 0 Å². The van der Waals surface area contributed by atoms with Crippen LogP contribution < -0.4 is 5.32 Å². The summed E-state index contributed by atoms with van der Waals surface area (Å²) >= 11 is 1.24. The molecule has 0 bridgehead atoms. The molecule has 1 aliphatic heterocycles. The van der Waals surface area contributed by atoms with E-state index in [-0.39, 0.29) is 24.6 Å². The molecular weight excluding hydrogens is 304 g/mol. The summed E-state index contributed by atoms with van der Waals surface area (Å²) in [5.74, 6) is -1.32. The van der Waals surface area contributed by atoms with Gasteiger partial charge >= 0.3 is 12.0 Å². The van der Waals surface area contributed by atoms with Gasteiger partial charge in [-0.3, -0.25) is 0 Å². The first-order chi connectivity index (χ1) is 9.39. The lowest BCUT2D eigenvalue weighted by Gasteiger charge is -2.28. The molecule has 9 heteroatoms. The largest absolute Gasteiger partial charge is 0.479 e. The molecule has 1 aromatic heterocycles. The van der Waals surface area contributed by atoms with E-state index in [4.69, 9.17) is 5.11 Å². The number of urea groups is 1. The summed E-state index contributed by atoms with van der Waals surface area (Å²) < 4.78 is 22.6. The van der Waals surface area contributed by atoms with Crippen molar-refractivity contribution in [1.29, 1.82) is 0 Å². The standard InChI is InChI=1S/C11H14N2O5S2/c14-10(15)9(8-2-1-5-19-8)12-11(16)13-3-6-20(17,18)7-4-13/h1-2,5,9H,3-4,6-7H2,(H,12,16)(H,14,15). The second-order valence-electron chi connectivity index (χ2n) is 4.38. The first-order valence-electron chi connectivity index (χ1n) is 5.91. The van der Waals surface area contributed by atoms with Gasteiger partial charge in [0.05, 0.1) is 11.5 Å². The second-order valence-corrected chi connectivity index (χ2v) is 7.66. The minimum Gasteiger partial charge on any atom is -0.479 e. The molecule has 0 aliphatic carbocycles. The molecule has 1 saturated heterocycles. The first-order valence-corrected chi connectivity index (χ1v) is 8.61. The molecule has 7 nitrogen and oxygen atoms in total. The van der Waals surface area contributed by atoms with Crippen molar-refractivity contribution < 1.29 is 23.1 Å². The summed E-state index contributed by atoms with van der Waals surface area (Å²) in [5, 5.41) is 13.3. The molecule has 2 amide bonds. The fourth-order valence-electron chi connectivity index (χ4n) is 1.84. The van der Waals surface area contributed by atoms with Gasteiger partial charge in [0.25, 0.3) is 0 Å². The van der Waals surface area contributed by atoms with Gasteiger partial charge in [0.1, 0.15) is 0 Å². The van der Waals surface area contributed by atoms with Crippen molar-refractivity contribution in [1.82, 2.24) is 10.2 Å². The minimum atomic E-state index is -3.07. The van der Waals surface area contributed by atoms with E-state index in [0.717, 1.165) is 0 Å². The molecule has 0 saturated carbocycles. The Morgan fingerprint density at radius 2 is 2.00 bits per heavy atom. The van der Waals surface area contributed by atoms with Gasteiger partial charge < -0.3 is 15.3 Å². The zero-order chi connectivity index (χ0) is 14.8. The topological polar surface area (TPSA) is 104 Å². The van der Waals surface area contributed by atoms with E-state index in [9.17, 15) is 18.0 Å². The molecule has 1 aliphatic rings. The van der Waals surface area contributed by atoms with Crippen molar-refractivity contribution in [3.8, 4) is 0 Å². The van der Waals surface area contributed by atoms with Crippen molar-refractivity contribution in [2.24, 2.45) is 0 Å². The van der Waals surface area contributed by atoms with E-state index in [2.05, 4.69) is 5.32 Å². The third kappa shape index (κ3) is 3.48. The molecule has 2 N–H and O–H groups in total. The number of rotatable bonds is 3. The Morgan fingerprint density at radius 3 is 2.50 bits per heavy atom. The fourth-order valence-corrected chi connectivity index (χ4v) is 3.81. The minimum absolute atomic E-state index is 0.0862. The van der Waals surface area contributed by atoms with E-state index in [1.54, 1.807) is 17.5 Å². The van der Waals surface area contributed by atoms with Gasteiger partial charge in [0.15, 0.2) is 15.9 Å². The third-order valence-electron chi connectivity index (χ3n) is 2.97. The number of carbonyl (C=O) groups excluding carboxylic acids is 1. The molecule has 0 radical (unpaired) electrons. The lowest BCUT2D eigenvalue weighted by molar-refractivity contribution is -0.139. The van der Waals surface area contributed by atoms with Crippen LogP contribution in [0.3, 0.4) is 0 Å². The van der Waals surface area contributed by atoms with Gasteiger partial charge in [0, 0.05) is 18.0 Å². The number of carboxylic acids is 1. The van der Waals surface area contributed by atoms with Gasteiger partial charge in [-0.15, -0.1) is 11.3 Å². The summed E-state index contributed by atoms with van der Waals surface area (Å²) in [7, 11) is -3.07. The molecule has 1 fully saturated rings. The number of aliphatic carboxylic acids is 1. The van der Waals surface area contributed by atoms with Crippen molar-refractivity contribution in [2.75, 3.05) is 24.6 Å². The number of carbonyl (C=O) groups is 2. The average Bonchev–Trinajstić information content (AvgIpc) is 2.88. The molecule has 0 aromatic carbocycles. The summed E-state index contributed by atoms with van der Waals surface area (Å²) in [6.07, 6.45) is 0. The monoisotopic (exact) mass is 318 g/mol. The van der Waals surface area contributed by atoms with Crippen LogP contribution in [0.2, 0.25) is 0 Å². The second kappa shape index (κ2) is 5.80. The zero-order valence-electron chi connectivity index (χ0n) is 10.5. The number of carboxylic acid groups (broad SMARTS) is 1. The maximum absolute atomic E-state index is 12.0. The molecule has 110 valence electrons. The van der Waals surface area contributed by atoms with E-state index >= 15 is 0 Å². The number of amides is 2. The predicted molar refractivity (Wildman–Crippen MR) is 73.5 cm³/mol. The van der Waals surface area contributed by atoms with Crippen LogP contribution in [0.25, 0.3) is 0 Å². The smallest absolute Gasteiger partial charge is 0.331 e. The lowest BCUT2D eigenvalue weighted by Crippen LogP contribution is -2.49. The molecule has 1 atom stereocenters. The van der Waals surface area contributed by atoms with Crippen LogP contribution in [0.5, 0.6) is 0 Å². The highest BCUT2D eigenvalue weighted by atomic mass is 32.2. The number of hydrogen-bond donors (Lipinski definition) is 2. The first kappa shape index (κ1) is 14.8. The fraction of sp³-hybridized carbons (Fsp3) is 0.455. The van der Waals surface area contributed by atoms with Gasteiger partial charge in [-0.1, -0.05) is 6.07 Å². The summed E-state index contributed by atoms with van der Waals surface area (Å²) in [4.78, 5) is 25.0. The Kier molecular flexibility index (Phi) is 4.29. The predicted octanol–water partition coefficient (Wildman–Crippen LogP) is 0.314. The van der Waals surface area contributed by atoms with Crippen LogP contribution in [0.4, 0.5) is 4.79 Å². The van der Waals surface area contributed by atoms with Gasteiger partial charge in [0.2, 0.25) is 0 Å². The summed E-state index contributed by atoms with van der Waals surface area (Å²) in [5.41, 5.74) is 0. The maximum atomic E-state index is 12.0. The van der Waals surface area contributed by atoms with Crippen molar-refractivity contribution >= 4 is 33.2 Å². The molecule has 2 rings (SSSR count). The third-order valence-corrected chi connectivity index (χ3v) is 5.52. The Labute approximate surface area is 120 Å². The highest BCUT2D eigenvalue weighted by Crippen LogP contribution is 2.19.